The molecule has 0 bridgehead atoms. The number of hydrogen-bond donors (Lipinski definition) is 0. The van der Waals surface area contributed by atoms with Gasteiger partial charge in [0.25, 0.3) is 0 Å². The predicted octanol–water partition coefficient (Wildman–Crippen LogP) is 3.21. The Kier molecular flexibility index (Phi) is 6.92. The lowest BCUT2D eigenvalue weighted by Gasteiger charge is -2.21. The van der Waals surface area contributed by atoms with E-state index in [2.05, 4.69) is 20.2 Å². The van der Waals surface area contributed by atoms with Gasteiger partial charge in [-0.05, 0) is 19.1 Å². The molecule has 0 amide bonds. The number of hydrogen-bond acceptors (Lipinski definition) is 9. The largest absolute Gasteiger partial charge is 0.497 e. The topological polar surface area (TPSA) is 118 Å². The Morgan fingerprint density at radius 2 is 1.85 bits per heavy atom. The first-order chi connectivity index (χ1) is 16.9. The normalized spacial score (nSPS) is 15.4. The molecule has 3 aromatic rings. The first-order valence-electron chi connectivity index (χ1n) is 11.0. The van der Waals surface area contributed by atoms with Crippen molar-refractivity contribution in [2.45, 2.75) is 30.6 Å². The summed E-state index contributed by atoms with van der Waals surface area (Å²) in [6.07, 6.45) is 1.68. The Labute approximate surface area is 206 Å². The summed E-state index contributed by atoms with van der Waals surface area (Å²) in [5.41, 5.74) is 0.285. The summed E-state index contributed by atoms with van der Waals surface area (Å²) in [6, 6.07) is 4.70. The highest BCUT2D eigenvalue weighted by molar-refractivity contribution is 7.91. The van der Waals surface area contributed by atoms with E-state index >= 15 is 0 Å². The van der Waals surface area contributed by atoms with E-state index < -0.39 is 40.6 Å². The number of aromatic nitrogens is 5. The van der Waals surface area contributed by atoms with Crippen molar-refractivity contribution in [3.63, 3.8) is 0 Å². The molecule has 33 heavy (non-hydrogen) atoms. The highest BCUT2D eigenvalue weighted by Gasteiger charge is 2.34. The van der Waals surface area contributed by atoms with Crippen LogP contribution >= 0.6 is 23.2 Å². The zero-order valence-electron chi connectivity index (χ0n) is 20.9. The van der Waals surface area contributed by atoms with Crippen molar-refractivity contribution < 1.29 is 26.7 Å². The number of ether oxygens (including phenoxy) is 3. The molecule has 178 valence electrons. The van der Waals surface area contributed by atoms with E-state index in [0.717, 1.165) is 0 Å². The number of methoxy groups -OCH3 is 3. The van der Waals surface area contributed by atoms with E-state index in [4.69, 9.17) is 41.5 Å². The molecule has 0 unspecified atom stereocenters. The van der Waals surface area contributed by atoms with Crippen LogP contribution in [0.3, 0.4) is 0 Å². The van der Waals surface area contributed by atoms with Crippen LogP contribution in [-0.2, 0) is 31.7 Å². The van der Waals surface area contributed by atoms with Crippen molar-refractivity contribution >= 4 is 33.0 Å². The molecule has 0 radical (unpaired) electrons. The molecular weight excluding hydrogens is 493 g/mol. The molecule has 1 aromatic carbocycles. The van der Waals surface area contributed by atoms with E-state index in [1.54, 1.807) is 18.2 Å². The maximum absolute atomic E-state index is 13.4. The van der Waals surface area contributed by atoms with Gasteiger partial charge in [-0.1, -0.05) is 23.2 Å². The van der Waals surface area contributed by atoms with Crippen LogP contribution in [0.5, 0.6) is 5.75 Å². The molecule has 0 aliphatic heterocycles. The van der Waals surface area contributed by atoms with Crippen LogP contribution < -0.4 is 4.74 Å². The number of benzene rings is 1. The smallest absolute Gasteiger partial charge is 0.163 e. The molecule has 0 N–H and O–H groups in total. The van der Waals surface area contributed by atoms with Gasteiger partial charge in [-0.3, -0.25) is 4.57 Å². The molecule has 2 atom stereocenters. The Morgan fingerprint density at radius 1 is 1.15 bits per heavy atom. The summed E-state index contributed by atoms with van der Waals surface area (Å²) in [7, 11) is -3.87. The van der Waals surface area contributed by atoms with E-state index in [9.17, 15) is 8.42 Å². The molecule has 10 nitrogen and oxygen atoms in total. The van der Waals surface area contributed by atoms with Crippen molar-refractivity contribution in [1.29, 1.82) is 0 Å². The minimum atomic E-state index is -3.96. The summed E-state index contributed by atoms with van der Waals surface area (Å²) < 4.78 is 65.7. The summed E-state index contributed by atoms with van der Waals surface area (Å²) in [4.78, 5) is 8.14. The number of nitrogens with zero attached hydrogens (tertiary/aromatic N) is 5. The highest BCUT2D eigenvalue weighted by Crippen LogP contribution is 2.30. The lowest BCUT2D eigenvalue weighted by Crippen LogP contribution is -2.30. The fourth-order valence-electron chi connectivity index (χ4n) is 3.15. The van der Waals surface area contributed by atoms with Gasteiger partial charge in [0.2, 0.25) is 0 Å². The van der Waals surface area contributed by atoms with Gasteiger partial charge in [0, 0.05) is 32.6 Å². The lowest BCUT2D eigenvalue weighted by molar-refractivity contribution is 0.0948. The van der Waals surface area contributed by atoms with E-state index in [1.807, 2.05) is 0 Å². The summed E-state index contributed by atoms with van der Waals surface area (Å²) in [5.74, 6) is -0.0125. The first-order valence-corrected chi connectivity index (χ1v) is 12.0. The molecule has 0 saturated heterocycles. The van der Waals surface area contributed by atoms with Crippen molar-refractivity contribution in [3.8, 4) is 11.4 Å². The number of sulfone groups is 1. The average Bonchev–Trinajstić information content (AvgIpc) is 3.20. The zero-order valence-corrected chi connectivity index (χ0v) is 20.2. The van der Waals surface area contributed by atoms with Gasteiger partial charge in [-0.2, -0.15) is 0 Å². The van der Waals surface area contributed by atoms with Gasteiger partial charge in [0.15, 0.2) is 27.3 Å². The van der Waals surface area contributed by atoms with Crippen molar-refractivity contribution in [1.82, 2.24) is 24.7 Å². The third-order valence-electron chi connectivity index (χ3n) is 4.86. The fraction of sp³-hybridized carbons (Fsp3) is 0.400. The Morgan fingerprint density at radius 3 is 2.48 bits per heavy atom. The van der Waals surface area contributed by atoms with Crippen LogP contribution in [0.4, 0.5) is 0 Å². The van der Waals surface area contributed by atoms with Crippen LogP contribution in [0.25, 0.3) is 5.69 Å². The minimum Gasteiger partial charge on any atom is -0.497 e. The number of rotatable bonds is 10. The third kappa shape index (κ3) is 5.61. The maximum Gasteiger partial charge on any atom is 0.163 e. The van der Waals surface area contributed by atoms with Crippen LogP contribution in [0.2, 0.25) is 10.0 Å². The van der Waals surface area contributed by atoms with Crippen LogP contribution in [0.15, 0.2) is 30.6 Å². The number of halogens is 2. The summed E-state index contributed by atoms with van der Waals surface area (Å²) >= 11 is 12.2. The second-order valence-corrected chi connectivity index (χ2v) is 10.1. The fourth-order valence-corrected chi connectivity index (χ4v) is 4.87. The van der Waals surface area contributed by atoms with Gasteiger partial charge < -0.3 is 14.2 Å². The van der Waals surface area contributed by atoms with Crippen molar-refractivity contribution in [3.05, 3.63) is 58.1 Å². The van der Waals surface area contributed by atoms with Crippen molar-refractivity contribution in [2.24, 2.45) is 0 Å². The average molecular weight is 519 g/mol. The lowest BCUT2D eigenvalue weighted by atomic mass is 10.2. The third-order valence-corrected chi connectivity index (χ3v) is 7.42. The Hall–Kier alpha value is -2.31. The molecular formula is C20H23Cl2N5O5S. The van der Waals surface area contributed by atoms with Gasteiger partial charge in [0.05, 0.1) is 32.2 Å². The van der Waals surface area contributed by atoms with Crippen LogP contribution in [-0.4, -0.2) is 59.7 Å². The Bertz CT molecular complexity index is 1310. The second kappa shape index (κ2) is 10.7. The Balaban J connectivity index is 2.03. The molecule has 0 aliphatic carbocycles. The highest BCUT2D eigenvalue weighted by atomic mass is 35.5. The summed E-state index contributed by atoms with van der Waals surface area (Å²) in [6.45, 7) is 0.977. The predicted molar refractivity (Wildman–Crippen MR) is 123 cm³/mol. The van der Waals surface area contributed by atoms with Gasteiger partial charge >= 0.3 is 0 Å². The zero-order chi connectivity index (χ0) is 26.7. The monoisotopic (exact) mass is 518 g/mol. The van der Waals surface area contributed by atoms with E-state index in [1.165, 1.54) is 38.1 Å². The van der Waals surface area contributed by atoms with Crippen LogP contribution in [0, 0.1) is 0 Å². The molecule has 13 heteroatoms. The molecule has 2 heterocycles. The standard InChI is InChI=1S/C20H23Cl2N5O5S/c1-12(19(32-4)20-23-8-13(21)9-24-20)33(28,29)11-18-26-25-17(10-30-2)27(18)16-7-14(31-3)5-6-15(16)22/h5-9,12,19H,10-11H2,1-4H3/t12-,19-/m0/s1/i2D3. The van der Waals surface area contributed by atoms with E-state index in [-0.39, 0.29) is 28.2 Å². The molecule has 0 spiro atoms. The van der Waals surface area contributed by atoms with E-state index in [0.29, 0.717) is 10.8 Å². The maximum atomic E-state index is 13.4. The molecule has 0 aliphatic rings. The van der Waals surface area contributed by atoms with Crippen molar-refractivity contribution in [2.75, 3.05) is 21.3 Å². The van der Waals surface area contributed by atoms with Gasteiger partial charge in [0.1, 0.15) is 24.2 Å². The van der Waals surface area contributed by atoms with Crippen LogP contribution in [0.1, 0.15) is 34.6 Å². The first kappa shape index (κ1) is 21.2. The molecule has 3 rings (SSSR count). The quantitative estimate of drug-likeness (QED) is 0.398. The second-order valence-electron chi connectivity index (χ2n) is 6.90. The minimum absolute atomic E-state index is 0.0203. The van der Waals surface area contributed by atoms with Gasteiger partial charge in [-0.25, -0.2) is 18.4 Å². The molecule has 0 saturated carbocycles. The van der Waals surface area contributed by atoms with Gasteiger partial charge in [-0.15, -0.1) is 10.2 Å². The molecule has 0 fully saturated rings. The summed E-state index contributed by atoms with van der Waals surface area (Å²) in [5, 5.41) is 7.39. The molecule has 2 aromatic heterocycles. The SMILES string of the molecule is [2H]C([2H])([2H])OCc1nnc(CS(=O)(=O)[C@@H](C)[C@H](OC)c2ncc(Cl)cn2)n1-c1cc(OC)ccc1Cl.